The lowest BCUT2D eigenvalue weighted by atomic mass is 10.1. The second kappa shape index (κ2) is 9.58. The third-order valence-electron chi connectivity index (χ3n) is 4.16. The molecule has 0 saturated carbocycles. The summed E-state index contributed by atoms with van der Waals surface area (Å²) in [5.74, 6) is 0.775. The predicted molar refractivity (Wildman–Crippen MR) is 107 cm³/mol. The van der Waals surface area contributed by atoms with E-state index in [2.05, 4.69) is 6.58 Å². The molecule has 0 spiro atoms. The summed E-state index contributed by atoms with van der Waals surface area (Å²) in [5, 5.41) is 11.2. The van der Waals surface area contributed by atoms with Crippen molar-refractivity contribution in [1.82, 2.24) is 0 Å². The smallest absolute Gasteiger partial charge is 0.330 e. The Hall–Kier alpha value is -3.31. The molecule has 0 fully saturated rings. The Morgan fingerprint density at radius 1 is 0.929 bits per heavy atom. The molecule has 1 unspecified atom stereocenters. The first-order valence-corrected chi connectivity index (χ1v) is 8.96. The molecule has 144 valence electrons. The van der Waals surface area contributed by atoms with Crippen molar-refractivity contribution < 1.29 is 24.1 Å². The monoisotopic (exact) mass is 378 g/mol. The molecule has 5 heteroatoms. The molecule has 0 amide bonds. The van der Waals surface area contributed by atoms with Crippen LogP contribution in [0.5, 0.6) is 11.5 Å². The molecule has 1 N–H and O–H groups in total. The summed E-state index contributed by atoms with van der Waals surface area (Å²) >= 11 is 0. The Labute approximate surface area is 163 Å². The number of fused-ring (bicyclic) bond motifs is 1. The molecule has 0 radical (unpaired) electrons. The number of benzene rings is 3. The highest BCUT2D eigenvalue weighted by molar-refractivity contribution is 5.93. The van der Waals surface area contributed by atoms with E-state index in [1.165, 1.54) is 0 Å². The van der Waals surface area contributed by atoms with Gasteiger partial charge in [0.15, 0.2) is 6.10 Å². The van der Waals surface area contributed by atoms with Crippen LogP contribution in [0.2, 0.25) is 0 Å². The average Bonchev–Trinajstić information content (AvgIpc) is 2.76. The van der Waals surface area contributed by atoms with Gasteiger partial charge in [0, 0.05) is 16.8 Å². The third kappa shape index (κ3) is 4.90. The van der Waals surface area contributed by atoms with Crippen LogP contribution >= 0.6 is 0 Å². The van der Waals surface area contributed by atoms with Gasteiger partial charge in [0.25, 0.3) is 0 Å². The Bertz CT molecular complexity index is 936. The molecule has 3 aromatic rings. The molecule has 0 aromatic heterocycles. The van der Waals surface area contributed by atoms with Crippen molar-refractivity contribution in [3.05, 3.63) is 84.9 Å². The van der Waals surface area contributed by atoms with Crippen molar-refractivity contribution >= 4 is 16.7 Å². The van der Waals surface area contributed by atoms with Crippen LogP contribution in [-0.2, 0) is 16.1 Å². The first kappa shape index (κ1) is 19.5. The van der Waals surface area contributed by atoms with Crippen LogP contribution < -0.4 is 9.47 Å². The molecular formula is C23H22O5. The van der Waals surface area contributed by atoms with E-state index in [1.54, 1.807) is 0 Å². The molecule has 5 nitrogen and oxygen atoms in total. The van der Waals surface area contributed by atoms with E-state index in [9.17, 15) is 9.90 Å². The predicted octanol–water partition coefficient (Wildman–Crippen LogP) is 3.89. The van der Waals surface area contributed by atoms with Crippen molar-refractivity contribution in [3.63, 3.8) is 0 Å². The van der Waals surface area contributed by atoms with Crippen molar-refractivity contribution in [2.24, 2.45) is 0 Å². The van der Waals surface area contributed by atoms with Crippen LogP contribution in [0.3, 0.4) is 0 Å². The highest BCUT2D eigenvalue weighted by Gasteiger charge is 2.14. The van der Waals surface area contributed by atoms with E-state index >= 15 is 0 Å². The van der Waals surface area contributed by atoms with E-state index in [4.69, 9.17) is 14.2 Å². The summed E-state index contributed by atoms with van der Waals surface area (Å²) in [4.78, 5) is 11.3. The summed E-state index contributed by atoms with van der Waals surface area (Å²) in [6.45, 7) is 3.51. The zero-order valence-electron chi connectivity index (χ0n) is 15.4. The lowest BCUT2D eigenvalue weighted by Crippen LogP contribution is -2.27. The first-order chi connectivity index (χ1) is 13.7. The minimum Gasteiger partial charge on any atom is -0.489 e. The molecule has 0 aliphatic carbocycles. The zero-order valence-corrected chi connectivity index (χ0v) is 15.4. The van der Waals surface area contributed by atoms with Gasteiger partial charge in [-0.25, -0.2) is 4.79 Å². The Balaban J connectivity index is 1.75. The van der Waals surface area contributed by atoms with Crippen molar-refractivity contribution in [2.75, 3.05) is 13.2 Å². The lowest BCUT2D eigenvalue weighted by Gasteiger charge is -2.17. The Morgan fingerprint density at radius 3 is 2.14 bits per heavy atom. The molecule has 3 aromatic carbocycles. The number of hydrogen-bond acceptors (Lipinski definition) is 5. The largest absolute Gasteiger partial charge is 0.489 e. The van der Waals surface area contributed by atoms with Gasteiger partial charge in [-0.1, -0.05) is 61.2 Å². The fourth-order valence-corrected chi connectivity index (χ4v) is 2.75. The van der Waals surface area contributed by atoms with E-state index in [0.717, 1.165) is 28.2 Å². The highest BCUT2D eigenvalue weighted by Crippen LogP contribution is 2.33. The minimum absolute atomic E-state index is 0.0320. The van der Waals surface area contributed by atoms with Crippen LogP contribution in [0.1, 0.15) is 5.56 Å². The van der Waals surface area contributed by atoms with E-state index < -0.39 is 12.1 Å². The van der Waals surface area contributed by atoms with Gasteiger partial charge in [-0.2, -0.15) is 0 Å². The van der Waals surface area contributed by atoms with Gasteiger partial charge in [0.2, 0.25) is 0 Å². The highest BCUT2D eigenvalue weighted by atomic mass is 16.6. The molecule has 0 bridgehead atoms. The normalized spacial score (nSPS) is 11.6. The van der Waals surface area contributed by atoms with E-state index in [0.29, 0.717) is 12.4 Å². The standard InChI is InChI=1S/C23H22O5/c1-2-23(25)28-18(14-24)16-27-22-13-12-21(19-10-6-7-11-20(19)22)26-15-17-8-4-3-5-9-17/h2-13,18,24H,1,14-16H2. The Morgan fingerprint density at radius 2 is 1.54 bits per heavy atom. The fourth-order valence-electron chi connectivity index (χ4n) is 2.75. The number of esters is 1. The Kier molecular flexibility index (Phi) is 6.65. The molecule has 0 aliphatic rings. The molecule has 28 heavy (non-hydrogen) atoms. The maximum Gasteiger partial charge on any atom is 0.330 e. The van der Waals surface area contributed by atoms with Gasteiger partial charge in [-0.15, -0.1) is 0 Å². The van der Waals surface area contributed by atoms with Gasteiger partial charge in [0.1, 0.15) is 24.7 Å². The van der Waals surface area contributed by atoms with Crippen LogP contribution in [-0.4, -0.2) is 30.4 Å². The van der Waals surface area contributed by atoms with Crippen LogP contribution in [0.25, 0.3) is 10.8 Å². The van der Waals surface area contributed by atoms with Crippen LogP contribution in [0, 0.1) is 0 Å². The second-order valence-corrected chi connectivity index (χ2v) is 6.14. The van der Waals surface area contributed by atoms with Crippen LogP contribution in [0.15, 0.2) is 79.4 Å². The summed E-state index contributed by atoms with van der Waals surface area (Å²) in [6, 6.07) is 21.4. The first-order valence-electron chi connectivity index (χ1n) is 8.96. The maximum atomic E-state index is 11.3. The van der Waals surface area contributed by atoms with Crippen molar-refractivity contribution in [3.8, 4) is 11.5 Å². The van der Waals surface area contributed by atoms with E-state index in [1.807, 2.05) is 66.7 Å². The number of hydrogen-bond donors (Lipinski definition) is 1. The second-order valence-electron chi connectivity index (χ2n) is 6.14. The van der Waals surface area contributed by atoms with Gasteiger partial charge < -0.3 is 19.3 Å². The number of aliphatic hydroxyl groups is 1. The van der Waals surface area contributed by atoms with Crippen LogP contribution in [0.4, 0.5) is 0 Å². The van der Waals surface area contributed by atoms with E-state index in [-0.39, 0.29) is 13.2 Å². The van der Waals surface area contributed by atoms with Gasteiger partial charge >= 0.3 is 5.97 Å². The number of rotatable bonds is 9. The molecule has 0 heterocycles. The minimum atomic E-state index is -0.765. The maximum absolute atomic E-state index is 11.3. The third-order valence-corrected chi connectivity index (χ3v) is 4.16. The summed E-state index contributed by atoms with van der Waals surface area (Å²) in [7, 11) is 0. The molecular weight excluding hydrogens is 356 g/mol. The summed E-state index contributed by atoms with van der Waals surface area (Å²) in [6.07, 6.45) is 0.287. The lowest BCUT2D eigenvalue weighted by molar-refractivity contribution is -0.146. The quantitative estimate of drug-likeness (QED) is 0.452. The number of carbonyl (C=O) groups is 1. The molecule has 0 aliphatic heterocycles. The summed E-state index contributed by atoms with van der Waals surface area (Å²) < 4.78 is 16.8. The van der Waals surface area contributed by atoms with Gasteiger partial charge in [-0.3, -0.25) is 0 Å². The topological polar surface area (TPSA) is 65.0 Å². The molecule has 3 rings (SSSR count). The fraction of sp³-hybridized carbons (Fsp3) is 0.174. The number of ether oxygens (including phenoxy) is 3. The average molecular weight is 378 g/mol. The van der Waals surface area contributed by atoms with Gasteiger partial charge in [-0.05, 0) is 17.7 Å². The van der Waals surface area contributed by atoms with Gasteiger partial charge in [0.05, 0.1) is 6.61 Å². The number of carbonyl (C=O) groups excluding carboxylic acids is 1. The molecule has 1 atom stereocenters. The van der Waals surface area contributed by atoms with Crippen molar-refractivity contribution in [1.29, 1.82) is 0 Å². The zero-order chi connectivity index (χ0) is 19.8. The number of aliphatic hydroxyl groups excluding tert-OH is 1. The van der Waals surface area contributed by atoms with Crippen molar-refractivity contribution in [2.45, 2.75) is 12.7 Å². The summed E-state index contributed by atoms with van der Waals surface area (Å²) in [5.41, 5.74) is 1.08. The molecule has 0 saturated heterocycles. The SMILES string of the molecule is C=CC(=O)OC(CO)COc1ccc(OCc2ccccc2)c2ccccc12.